The molecule has 1 heterocycles. The molecular weight excluding hydrogens is 338 g/mol. The van der Waals surface area contributed by atoms with E-state index in [1.807, 2.05) is 24.3 Å². The summed E-state index contributed by atoms with van der Waals surface area (Å²) in [7, 11) is 5.32. The SMILES string of the molecule is CN=C(NCc1ccc(C(=O)N(C)C)cc1)NCC(C)CN1CCCCC1. The van der Waals surface area contributed by atoms with Crippen LogP contribution in [0.5, 0.6) is 0 Å². The Morgan fingerprint density at radius 1 is 1.15 bits per heavy atom. The van der Waals surface area contributed by atoms with Gasteiger partial charge in [-0.1, -0.05) is 25.5 Å². The molecule has 150 valence electrons. The summed E-state index contributed by atoms with van der Waals surface area (Å²) in [4.78, 5) is 20.4. The Balaban J connectivity index is 1.74. The number of hydrogen-bond acceptors (Lipinski definition) is 3. The van der Waals surface area contributed by atoms with E-state index < -0.39 is 0 Å². The lowest BCUT2D eigenvalue weighted by atomic mass is 10.1. The lowest BCUT2D eigenvalue weighted by molar-refractivity contribution is 0.0827. The van der Waals surface area contributed by atoms with Gasteiger partial charge < -0.3 is 20.4 Å². The molecule has 27 heavy (non-hydrogen) atoms. The molecule has 1 unspecified atom stereocenters. The Kier molecular flexibility index (Phi) is 8.58. The topological polar surface area (TPSA) is 60.0 Å². The Morgan fingerprint density at radius 2 is 1.81 bits per heavy atom. The van der Waals surface area contributed by atoms with Gasteiger partial charge in [-0.3, -0.25) is 9.79 Å². The van der Waals surface area contributed by atoms with Crippen LogP contribution in [-0.4, -0.2) is 69.0 Å². The highest BCUT2D eigenvalue weighted by molar-refractivity contribution is 5.93. The first-order chi connectivity index (χ1) is 13.0. The zero-order valence-electron chi connectivity index (χ0n) is 17.3. The van der Waals surface area contributed by atoms with Crippen LogP contribution >= 0.6 is 0 Å². The molecule has 1 amide bonds. The summed E-state index contributed by atoms with van der Waals surface area (Å²) in [5.41, 5.74) is 1.83. The molecule has 1 aromatic carbocycles. The van der Waals surface area contributed by atoms with Crippen molar-refractivity contribution in [3.05, 3.63) is 35.4 Å². The quantitative estimate of drug-likeness (QED) is 0.568. The highest BCUT2D eigenvalue weighted by Crippen LogP contribution is 2.10. The van der Waals surface area contributed by atoms with Crippen LogP contribution in [0.2, 0.25) is 0 Å². The van der Waals surface area contributed by atoms with Gasteiger partial charge in [-0.05, 0) is 49.5 Å². The van der Waals surface area contributed by atoms with Gasteiger partial charge in [-0.2, -0.15) is 0 Å². The van der Waals surface area contributed by atoms with E-state index in [1.165, 1.54) is 32.4 Å². The van der Waals surface area contributed by atoms with Crippen molar-refractivity contribution in [2.24, 2.45) is 10.9 Å². The number of nitrogens with one attached hydrogen (secondary N) is 2. The minimum Gasteiger partial charge on any atom is -0.356 e. The molecule has 0 aliphatic carbocycles. The standard InChI is InChI=1S/C21H35N5O/c1-17(16-26-12-6-5-7-13-26)14-23-21(22-2)24-15-18-8-10-19(11-9-18)20(27)25(3)4/h8-11,17H,5-7,12-16H2,1-4H3,(H2,22,23,24). The first kappa shape index (κ1) is 21.2. The number of guanidine groups is 1. The van der Waals surface area contributed by atoms with Crippen LogP contribution in [0.25, 0.3) is 0 Å². The zero-order chi connectivity index (χ0) is 19.6. The summed E-state index contributed by atoms with van der Waals surface area (Å²) in [6, 6.07) is 7.71. The van der Waals surface area contributed by atoms with Gasteiger partial charge in [-0.25, -0.2) is 0 Å². The highest BCUT2D eigenvalue weighted by atomic mass is 16.2. The molecule has 2 rings (SSSR count). The number of piperidine rings is 1. The summed E-state index contributed by atoms with van der Waals surface area (Å²) in [5.74, 6) is 1.42. The van der Waals surface area contributed by atoms with Crippen molar-refractivity contribution in [2.75, 3.05) is 47.3 Å². The van der Waals surface area contributed by atoms with Crippen molar-refractivity contribution in [1.82, 2.24) is 20.4 Å². The molecular formula is C21H35N5O. The van der Waals surface area contributed by atoms with Crippen LogP contribution in [-0.2, 0) is 6.54 Å². The Morgan fingerprint density at radius 3 is 2.41 bits per heavy atom. The molecule has 0 radical (unpaired) electrons. The van der Waals surface area contributed by atoms with Gasteiger partial charge >= 0.3 is 0 Å². The van der Waals surface area contributed by atoms with E-state index in [4.69, 9.17) is 0 Å². The van der Waals surface area contributed by atoms with Crippen LogP contribution in [0, 0.1) is 5.92 Å². The molecule has 1 aromatic rings. The van der Waals surface area contributed by atoms with Gasteiger partial charge in [0.25, 0.3) is 5.91 Å². The number of likely N-dealkylation sites (tertiary alicyclic amines) is 1. The average molecular weight is 374 g/mol. The summed E-state index contributed by atoms with van der Waals surface area (Å²) < 4.78 is 0. The maximum Gasteiger partial charge on any atom is 0.253 e. The summed E-state index contributed by atoms with van der Waals surface area (Å²) in [6.07, 6.45) is 4.05. The smallest absolute Gasteiger partial charge is 0.253 e. The van der Waals surface area contributed by atoms with E-state index in [-0.39, 0.29) is 5.91 Å². The third kappa shape index (κ3) is 7.21. The molecule has 6 heteroatoms. The van der Waals surface area contributed by atoms with E-state index in [2.05, 4.69) is 27.4 Å². The van der Waals surface area contributed by atoms with Crippen molar-refractivity contribution in [1.29, 1.82) is 0 Å². The minimum absolute atomic E-state index is 0.0229. The second-order valence-electron chi connectivity index (χ2n) is 7.67. The van der Waals surface area contributed by atoms with Crippen molar-refractivity contribution in [3.63, 3.8) is 0 Å². The van der Waals surface area contributed by atoms with E-state index in [9.17, 15) is 4.79 Å². The van der Waals surface area contributed by atoms with Crippen molar-refractivity contribution in [2.45, 2.75) is 32.7 Å². The molecule has 0 saturated carbocycles. The average Bonchev–Trinajstić information content (AvgIpc) is 2.68. The second-order valence-corrected chi connectivity index (χ2v) is 7.67. The molecule has 1 fully saturated rings. The third-order valence-electron chi connectivity index (χ3n) is 4.93. The van der Waals surface area contributed by atoms with Gasteiger partial charge in [-0.15, -0.1) is 0 Å². The predicted octanol–water partition coefficient (Wildman–Crippen LogP) is 2.18. The highest BCUT2D eigenvalue weighted by Gasteiger charge is 2.13. The van der Waals surface area contributed by atoms with Gasteiger partial charge in [0.2, 0.25) is 0 Å². The number of hydrogen-bond donors (Lipinski definition) is 2. The molecule has 1 aliphatic rings. The molecule has 0 aromatic heterocycles. The maximum atomic E-state index is 11.9. The third-order valence-corrected chi connectivity index (χ3v) is 4.93. The van der Waals surface area contributed by atoms with Crippen LogP contribution < -0.4 is 10.6 Å². The number of carbonyl (C=O) groups excluding carboxylic acids is 1. The summed E-state index contributed by atoms with van der Waals surface area (Å²) >= 11 is 0. The number of aliphatic imine (C=N–C) groups is 1. The van der Waals surface area contributed by atoms with Crippen LogP contribution in [0.4, 0.5) is 0 Å². The van der Waals surface area contributed by atoms with Crippen LogP contribution in [0.15, 0.2) is 29.3 Å². The normalized spacial score (nSPS) is 16.7. The Hall–Kier alpha value is -2.08. The minimum atomic E-state index is 0.0229. The first-order valence-corrected chi connectivity index (χ1v) is 9.97. The zero-order valence-corrected chi connectivity index (χ0v) is 17.3. The molecule has 2 N–H and O–H groups in total. The Labute approximate surface area is 164 Å². The molecule has 1 saturated heterocycles. The summed E-state index contributed by atoms with van der Waals surface area (Å²) in [5, 5.41) is 6.77. The number of rotatable bonds is 7. The maximum absolute atomic E-state index is 11.9. The van der Waals surface area contributed by atoms with Crippen LogP contribution in [0.1, 0.15) is 42.1 Å². The van der Waals surface area contributed by atoms with Crippen molar-refractivity contribution < 1.29 is 4.79 Å². The fourth-order valence-corrected chi connectivity index (χ4v) is 3.35. The van der Waals surface area contributed by atoms with Gasteiger partial charge in [0, 0.05) is 46.3 Å². The fraction of sp³-hybridized carbons (Fsp3) is 0.619. The van der Waals surface area contributed by atoms with Gasteiger partial charge in [0.1, 0.15) is 0 Å². The number of carbonyl (C=O) groups is 1. The van der Waals surface area contributed by atoms with Gasteiger partial charge in [0.15, 0.2) is 5.96 Å². The number of benzene rings is 1. The second kappa shape index (κ2) is 10.9. The van der Waals surface area contributed by atoms with E-state index >= 15 is 0 Å². The lowest BCUT2D eigenvalue weighted by Crippen LogP contribution is -2.42. The van der Waals surface area contributed by atoms with Crippen molar-refractivity contribution in [3.8, 4) is 0 Å². The molecule has 1 aliphatic heterocycles. The van der Waals surface area contributed by atoms with Crippen molar-refractivity contribution >= 4 is 11.9 Å². The monoisotopic (exact) mass is 373 g/mol. The van der Waals surface area contributed by atoms with E-state index in [1.54, 1.807) is 26.0 Å². The van der Waals surface area contributed by atoms with E-state index in [0.29, 0.717) is 18.0 Å². The Bertz CT molecular complexity index is 606. The predicted molar refractivity (Wildman–Crippen MR) is 112 cm³/mol. The number of amides is 1. The molecule has 1 atom stereocenters. The van der Waals surface area contributed by atoms with Gasteiger partial charge in [0.05, 0.1) is 0 Å². The molecule has 0 spiro atoms. The number of nitrogens with zero attached hydrogens (tertiary/aromatic N) is 3. The molecule has 0 bridgehead atoms. The summed E-state index contributed by atoms with van der Waals surface area (Å²) in [6.45, 7) is 7.50. The first-order valence-electron chi connectivity index (χ1n) is 9.97. The van der Waals surface area contributed by atoms with E-state index in [0.717, 1.165) is 24.6 Å². The van der Waals surface area contributed by atoms with Crippen LogP contribution in [0.3, 0.4) is 0 Å². The lowest BCUT2D eigenvalue weighted by Gasteiger charge is -2.29. The fourth-order valence-electron chi connectivity index (χ4n) is 3.35. The molecule has 6 nitrogen and oxygen atoms in total. The largest absolute Gasteiger partial charge is 0.356 e.